The van der Waals surface area contributed by atoms with Crippen molar-refractivity contribution >= 4 is 11.8 Å². The first-order chi connectivity index (χ1) is 3.93. The molecule has 1 fully saturated rings. The molecule has 1 rings (SSSR count). The molecule has 0 saturated heterocycles. The number of hydrogen-bond acceptors (Lipinski definition) is 1. The zero-order valence-electron chi connectivity index (χ0n) is 5.39. The normalized spacial score (nSPS) is 22.1. The third-order valence-corrected chi connectivity index (χ3v) is 2.76. The molecular weight excluding hydrogens is 116 g/mol. The Balaban J connectivity index is 2.06. The van der Waals surface area contributed by atoms with E-state index in [-0.39, 0.29) is 0 Å². The molecule has 0 atom stereocenters. The van der Waals surface area contributed by atoms with Gasteiger partial charge in [-0.3, -0.25) is 0 Å². The van der Waals surface area contributed by atoms with Gasteiger partial charge in [0.15, 0.2) is 0 Å². The van der Waals surface area contributed by atoms with E-state index < -0.39 is 0 Å². The fraction of sp³-hybridized carbons (Fsp3) is 0.857. The summed E-state index contributed by atoms with van der Waals surface area (Å²) in [5.74, 6) is 2.22. The first-order valence-electron chi connectivity index (χ1n) is 3.37. The predicted molar refractivity (Wildman–Crippen MR) is 39.8 cm³/mol. The largest absolute Gasteiger partial charge is 0.154 e. The maximum atomic E-state index is 2.22. The second kappa shape index (κ2) is 3.39. The summed E-state index contributed by atoms with van der Waals surface area (Å²) in [6.45, 7) is 2.13. The van der Waals surface area contributed by atoms with Crippen LogP contribution in [-0.2, 0) is 0 Å². The van der Waals surface area contributed by atoms with Crippen LogP contribution in [0.4, 0.5) is 0 Å². The lowest BCUT2D eigenvalue weighted by Crippen LogP contribution is -1.90. The molecule has 0 amide bonds. The van der Waals surface area contributed by atoms with Crippen LogP contribution >= 0.6 is 11.8 Å². The van der Waals surface area contributed by atoms with Crippen LogP contribution in [-0.4, -0.2) is 5.25 Å². The Morgan fingerprint density at radius 1 is 1.38 bits per heavy atom. The highest BCUT2D eigenvalue weighted by molar-refractivity contribution is 8.01. The highest BCUT2D eigenvalue weighted by Crippen LogP contribution is 2.30. The minimum atomic E-state index is 0.972. The van der Waals surface area contributed by atoms with E-state index in [4.69, 9.17) is 0 Å². The molecule has 0 N–H and O–H groups in total. The Hall–Kier alpha value is 0.350. The van der Waals surface area contributed by atoms with Crippen molar-refractivity contribution in [3.63, 3.8) is 0 Å². The van der Waals surface area contributed by atoms with E-state index in [0.717, 1.165) is 5.25 Å². The van der Waals surface area contributed by atoms with E-state index in [1.807, 2.05) is 11.8 Å². The van der Waals surface area contributed by atoms with Crippen molar-refractivity contribution in [3.8, 4) is 0 Å². The predicted octanol–water partition coefficient (Wildman–Crippen LogP) is 2.84. The summed E-state index contributed by atoms with van der Waals surface area (Å²) in [5, 5.41) is 0.972. The van der Waals surface area contributed by atoms with Gasteiger partial charge < -0.3 is 0 Å². The van der Waals surface area contributed by atoms with Crippen molar-refractivity contribution in [2.24, 2.45) is 0 Å². The third-order valence-electron chi connectivity index (χ3n) is 1.63. The minimum Gasteiger partial charge on any atom is -0.154 e. The SMILES string of the molecule is C[CH]SC1CCCC1. The monoisotopic (exact) mass is 129 g/mol. The summed E-state index contributed by atoms with van der Waals surface area (Å²) in [6, 6.07) is 0. The van der Waals surface area contributed by atoms with Gasteiger partial charge >= 0.3 is 0 Å². The molecule has 1 heteroatoms. The van der Waals surface area contributed by atoms with Crippen LogP contribution in [0.25, 0.3) is 0 Å². The maximum absolute atomic E-state index is 2.22. The summed E-state index contributed by atoms with van der Waals surface area (Å²) in [4.78, 5) is 0. The second-order valence-electron chi connectivity index (χ2n) is 2.28. The fourth-order valence-corrected chi connectivity index (χ4v) is 2.21. The van der Waals surface area contributed by atoms with E-state index in [9.17, 15) is 0 Å². The number of thioether (sulfide) groups is 1. The quantitative estimate of drug-likeness (QED) is 0.552. The summed E-state index contributed by atoms with van der Waals surface area (Å²) in [6.07, 6.45) is 5.83. The summed E-state index contributed by atoms with van der Waals surface area (Å²) in [7, 11) is 0. The molecule has 0 aromatic rings. The smallest absolute Gasteiger partial charge is 0.0138 e. The van der Waals surface area contributed by atoms with Crippen molar-refractivity contribution in [1.82, 2.24) is 0 Å². The van der Waals surface area contributed by atoms with Crippen molar-refractivity contribution in [1.29, 1.82) is 0 Å². The molecule has 8 heavy (non-hydrogen) atoms. The van der Waals surface area contributed by atoms with Gasteiger partial charge in [-0.15, -0.1) is 0 Å². The third kappa shape index (κ3) is 1.70. The summed E-state index contributed by atoms with van der Waals surface area (Å²) < 4.78 is 0. The molecule has 1 saturated carbocycles. The molecule has 1 aliphatic carbocycles. The van der Waals surface area contributed by atoms with E-state index in [2.05, 4.69) is 12.7 Å². The number of rotatable bonds is 2. The topological polar surface area (TPSA) is 0 Å². The molecular formula is C7H13S. The van der Waals surface area contributed by atoms with Gasteiger partial charge in [-0.2, -0.15) is 11.8 Å². The highest BCUT2D eigenvalue weighted by Gasteiger charge is 2.13. The first-order valence-corrected chi connectivity index (χ1v) is 4.31. The molecule has 0 unspecified atom stereocenters. The minimum absolute atomic E-state index is 0.972. The van der Waals surface area contributed by atoms with E-state index in [1.54, 1.807) is 0 Å². The number of hydrogen-bond donors (Lipinski definition) is 0. The van der Waals surface area contributed by atoms with Gasteiger partial charge in [-0.1, -0.05) is 19.8 Å². The van der Waals surface area contributed by atoms with Crippen molar-refractivity contribution in [3.05, 3.63) is 5.75 Å². The van der Waals surface area contributed by atoms with Crippen LogP contribution in [0.2, 0.25) is 0 Å². The zero-order chi connectivity index (χ0) is 5.82. The van der Waals surface area contributed by atoms with E-state index >= 15 is 0 Å². The summed E-state index contributed by atoms with van der Waals surface area (Å²) in [5.41, 5.74) is 0. The molecule has 1 radical (unpaired) electrons. The van der Waals surface area contributed by atoms with Crippen molar-refractivity contribution in [2.45, 2.75) is 37.9 Å². The highest BCUT2D eigenvalue weighted by atomic mass is 32.2. The Morgan fingerprint density at radius 2 is 2.00 bits per heavy atom. The van der Waals surface area contributed by atoms with Gasteiger partial charge in [0.1, 0.15) is 0 Å². The second-order valence-corrected chi connectivity index (χ2v) is 3.69. The van der Waals surface area contributed by atoms with Crippen LogP contribution in [0.15, 0.2) is 0 Å². The Labute approximate surface area is 56.0 Å². The Bertz CT molecular complexity index is 55.4. The fourth-order valence-electron chi connectivity index (χ4n) is 1.22. The van der Waals surface area contributed by atoms with Crippen molar-refractivity contribution < 1.29 is 0 Å². The lowest BCUT2D eigenvalue weighted by atomic mass is 10.4. The van der Waals surface area contributed by atoms with Gasteiger partial charge in [0, 0.05) is 11.0 Å². The zero-order valence-corrected chi connectivity index (χ0v) is 6.21. The Morgan fingerprint density at radius 3 is 2.50 bits per heavy atom. The Kier molecular flexibility index (Phi) is 2.74. The molecule has 47 valence electrons. The lowest BCUT2D eigenvalue weighted by molar-refractivity contribution is 0.886. The molecule has 0 heterocycles. The molecule has 1 aliphatic rings. The van der Waals surface area contributed by atoms with Crippen LogP contribution in [0, 0.1) is 5.75 Å². The molecule has 0 nitrogen and oxygen atoms in total. The molecule has 0 aromatic carbocycles. The maximum Gasteiger partial charge on any atom is 0.0138 e. The summed E-state index contributed by atoms with van der Waals surface area (Å²) >= 11 is 2.01. The van der Waals surface area contributed by atoms with Crippen LogP contribution in [0.3, 0.4) is 0 Å². The van der Waals surface area contributed by atoms with Gasteiger partial charge in [-0.25, -0.2) is 0 Å². The van der Waals surface area contributed by atoms with Crippen molar-refractivity contribution in [2.75, 3.05) is 0 Å². The lowest BCUT2D eigenvalue weighted by Gasteiger charge is -2.03. The molecule has 0 spiro atoms. The van der Waals surface area contributed by atoms with E-state index in [0.29, 0.717) is 0 Å². The van der Waals surface area contributed by atoms with Crippen LogP contribution in [0.5, 0.6) is 0 Å². The first kappa shape index (κ1) is 6.47. The van der Waals surface area contributed by atoms with Gasteiger partial charge in [0.25, 0.3) is 0 Å². The van der Waals surface area contributed by atoms with Crippen LogP contribution < -0.4 is 0 Å². The van der Waals surface area contributed by atoms with Gasteiger partial charge in [0.2, 0.25) is 0 Å². The van der Waals surface area contributed by atoms with Gasteiger partial charge in [-0.05, 0) is 12.8 Å². The average molecular weight is 129 g/mol. The standard InChI is InChI=1S/C7H13S/c1-2-8-7-5-3-4-6-7/h2,7H,3-6H2,1H3. The molecule has 0 aromatic heterocycles. The molecule has 0 aliphatic heterocycles. The van der Waals surface area contributed by atoms with Gasteiger partial charge in [0.05, 0.1) is 0 Å². The van der Waals surface area contributed by atoms with Crippen LogP contribution in [0.1, 0.15) is 32.6 Å². The molecule has 0 bridgehead atoms. The average Bonchev–Trinajstić information content (AvgIpc) is 2.19. The van der Waals surface area contributed by atoms with E-state index in [1.165, 1.54) is 25.7 Å².